The van der Waals surface area contributed by atoms with Gasteiger partial charge in [-0.25, -0.2) is 10.4 Å². The Hall–Kier alpha value is -4.00. The van der Waals surface area contributed by atoms with E-state index in [1.165, 1.54) is 13.1 Å². The monoisotopic (exact) mass is 514 g/mol. The number of nitrogens with zero attached hydrogens (tertiary/aromatic N) is 3. The molecule has 0 atom stereocenters. The van der Waals surface area contributed by atoms with Crippen molar-refractivity contribution in [2.45, 2.75) is 13.5 Å². The van der Waals surface area contributed by atoms with Gasteiger partial charge in [0.25, 0.3) is 5.91 Å². The molecular weight excluding hydrogens is 495 g/mol. The van der Waals surface area contributed by atoms with E-state index in [9.17, 15) is 9.59 Å². The van der Waals surface area contributed by atoms with Crippen LogP contribution in [-0.4, -0.2) is 27.5 Å². The molecule has 1 amide bonds. The quantitative estimate of drug-likeness (QED) is 0.159. The fraction of sp³-hybridized carbons (Fsp3) is 0.0714. The van der Waals surface area contributed by atoms with E-state index in [0.29, 0.717) is 22.2 Å². The average Bonchev–Trinajstić information content (AvgIpc) is 3.19. The molecule has 8 heteroatoms. The molecule has 0 saturated carbocycles. The molecule has 0 radical (unpaired) electrons. The highest BCUT2D eigenvalue weighted by molar-refractivity contribution is 6.33. The second-order valence-electron chi connectivity index (χ2n) is 8.30. The van der Waals surface area contributed by atoms with Gasteiger partial charge in [0.2, 0.25) is 0 Å². The zero-order valence-corrected chi connectivity index (χ0v) is 20.7. The molecule has 5 aromatic rings. The van der Waals surface area contributed by atoms with Crippen LogP contribution in [0, 0.1) is 0 Å². The molecule has 1 N–H and O–H groups in total. The average molecular weight is 515 g/mol. The fourth-order valence-corrected chi connectivity index (χ4v) is 4.47. The molecule has 0 saturated heterocycles. The third-order valence-corrected chi connectivity index (χ3v) is 6.53. The van der Waals surface area contributed by atoms with Gasteiger partial charge in [-0.2, -0.15) is 5.10 Å². The summed E-state index contributed by atoms with van der Waals surface area (Å²) < 4.78 is 2.11. The van der Waals surface area contributed by atoms with Gasteiger partial charge in [0.05, 0.1) is 17.9 Å². The van der Waals surface area contributed by atoms with Crippen LogP contribution in [0.3, 0.4) is 0 Å². The summed E-state index contributed by atoms with van der Waals surface area (Å²) in [7, 11) is 0. The lowest BCUT2D eigenvalue weighted by Gasteiger charge is -2.10. The highest BCUT2D eigenvalue weighted by Gasteiger charge is 2.15. The number of ketones is 1. The largest absolute Gasteiger partial charge is 0.335 e. The van der Waals surface area contributed by atoms with Gasteiger partial charge in [0, 0.05) is 38.4 Å². The Morgan fingerprint density at radius 2 is 1.75 bits per heavy atom. The molecule has 6 nitrogen and oxygen atoms in total. The van der Waals surface area contributed by atoms with Crippen LogP contribution in [0.25, 0.3) is 21.8 Å². The number of Topliss-reactive ketones (excluding diaryl/α,β-unsaturated/α-hetero) is 1. The van der Waals surface area contributed by atoms with Crippen molar-refractivity contribution in [2.75, 3.05) is 0 Å². The SMILES string of the molecule is CC(=O)c1ccc(/C=N/NC(=O)c2cc3c4ccccc4n(Cc4cc(Cl)ccc4Cl)c3cn2)cc1. The van der Waals surface area contributed by atoms with E-state index in [2.05, 4.69) is 20.1 Å². The highest BCUT2D eigenvalue weighted by atomic mass is 35.5. The van der Waals surface area contributed by atoms with Crippen LogP contribution >= 0.6 is 23.2 Å². The lowest BCUT2D eigenvalue weighted by Crippen LogP contribution is -2.19. The van der Waals surface area contributed by atoms with Crippen molar-refractivity contribution in [3.05, 3.63) is 111 Å². The second-order valence-corrected chi connectivity index (χ2v) is 9.15. The van der Waals surface area contributed by atoms with E-state index < -0.39 is 5.91 Å². The van der Waals surface area contributed by atoms with Crippen molar-refractivity contribution in [3.63, 3.8) is 0 Å². The van der Waals surface area contributed by atoms with Gasteiger partial charge in [-0.1, -0.05) is 65.7 Å². The molecule has 0 aliphatic heterocycles. The van der Waals surface area contributed by atoms with Crippen molar-refractivity contribution >= 4 is 62.9 Å². The molecule has 0 aliphatic rings. The first-order valence-corrected chi connectivity index (χ1v) is 11.9. The number of carbonyl (C=O) groups is 2. The summed E-state index contributed by atoms with van der Waals surface area (Å²) >= 11 is 12.6. The number of halogens is 2. The normalized spacial score (nSPS) is 11.4. The van der Waals surface area contributed by atoms with Crippen molar-refractivity contribution in [3.8, 4) is 0 Å². The predicted octanol–water partition coefficient (Wildman–Crippen LogP) is 6.51. The summed E-state index contributed by atoms with van der Waals surface area (Å²) in [6, 6.07) is 22.1. The van der Waals surface area contributed by atoms with E-state index in [1.807, 2.05) is 30.3 Å². The molecule has 3 aromatic carbocycles. The Balaban J connectivity index is 1.44. The molecule has 0 aliphatic carbocycles. The van der Waals surface area contributed by atoms with Crippen molar-refractivity contribution in [1.29, 1.82) is 0 Å². The molecule has 0 bridgehead atoms. The zero-order chi connectivity index (χ0) is 25.2. The van der Waals surface area contributed by atoms with E-state index in [1.54, 1.807) is 48.7 Å². The van der Waals surface area contributed by atoms with Crippen molar-refractivity contribution in [2.24, 2.45) is 5.10 Å². The number of pyridine rings is 1. The standard InChI is InChI=1S/C28H20Cl2N4O2/c1-17(35)19-8-6-18(7-9-19)14-32-33-28(36)25-13-23-22-4-2-3-5-26(22)34(27(23)15-31-25)16-20-12-21(29)10-11-24(20)30/h2-15H,16H2,1H3,(H,33,36)/b32-14+. The number of carbonyl (C=O) groups excluding carboxylic acids is 2. The van der Waals surface area contributed by atoms with Crippen LogP contribution in [0.1, 0.15) is 38.9 Å². The highest BCUT2D eigenvalue weighted by Crippen LogP contribution is 2.31. The van der Waals surface area contributed by atoms with Crippen LogP contribution in [0.2, 0.25) is 10.0 Å². The first-order chi connectivity index (χ1) is 17.4. The van der Waals surface area contributed by atoms with Gasteiger partial charge in [-0.05, 0) is 48.4 Å². The number of hydrogen-bond acceptors (Lipinski definition) is 4. The topological polar surface area (TPSA) is 76.3 Å². The Morgan fingerprint density at radius 1 is 0.972 bits per heavy atom. The molecule has 0 unspecified atom stereocenters. The maximum Gasteiger partial charge on any atom is 0.289 e. The summed E-state index contributed by atoms with van der Waals surface area (Å²) in [5, 5.41) is 7.17. The number of fused-ring (bicyclic) bond motifs is 3. The number of benzene rings is 3. The van der Waals surface area contributed by atoms with E-state index in [-0.39, 0.29) is 11.5 Å². The Kier molecular flexibility index (Phi) is 6.55. The molecular formula is C28H20Cl2N4O2. The maximum atomic E-state index is 12.8. The van der Waals surface area contributed by atoms with Crippen LogP contribution in [0.5, 0.6) is 0 Å². The summed E-state index contributed by atoms with van der Waals surface area (Å²) in [5.41, 5.74) is 6.89. The van der Waals surface area contributed by atoms with Crippen LogP contribution in [0.15, 0.2) is 84.1 Å². The molecule has 0 fully saturated rings. The lowest BCUT2D eigenvalue weighted by molar-refractivity contribution is 0.0949. The van der Waals surface area contributed by atoms with E-state index in [0.717, 1.165) is 32.9 Å². The van der Waals surface area contributed by atoms with E-state index in [4.69, 9.17) is 23.2 Å². The number of hydrogen-bond donors (Lipinski definition) is 1. The van der Waals surface area contributed by atoms with Crippen molar-refractivity contribution in [1.82, 2.24) is 15.0 Å². The molecule has 2 aromatic heterocycles. The molecule has 36 heavy (non-hydrogen) atoms. The zero-order valence-electron chi connectivity index (χ0n) is 19.2. The lowest BCUT2D eigenvalue weighted by atomic mass is 10.1. The first-order valence-electron chi connectivity index (χ1n) is 11.2. The van der Waals surface area contributed by atoms with Gasteiger partial charge >= 0.3 is 0 Å². The van der Waals surface area contributed by atoms with Gasteiger partial charge in [0.15, 0.2) is 5.78 Å². The summed E-state index contributed by atoms with van der Waals surface area (Å²) in [5.74, 6) is -0.437. The molecule has 5 rings (SSSR count). The van der Waals surface area contributed by atoms with E-state index >= 15 is 0 Å². The predicted molar refractivity (Wildman–Crippen MR) is 144 cm³/mol. The number of nitrogens with one attached hydrogen (secondary N) is 1. The minimum absolute atomic E-state index is 0.00900. The second kappa shape index (κ2) is 9.93. The molecule has 2 heterocycles. The van der Waals surface area contributed by atoms with Crippen LogP contribution in [-0.2, 0) is 6.54 Å². The van der Waals surface area contributed by atoms with Gasteiger partial charge in [-0.15, -0.1) is 0 Å². The summed E-state index contributed by atoms with van der Waals surface area (Å²) in [4.78, 5) is 28.6. The third-order valence-electron chi connectivity index (χ3n) is 5.92. The minimum atomic E-state index is -0.428. The summed E-state index contributed by atoms with van der Waals surface area (Å²) in [6.45, 7) is 2.01. The molecule has 0 spiro atoms. The number of hydrazone groups is 1. The fourth-order valence-electron chi connectivity index (χ4n) is 4.10. The van der Waals surface area contributed by atoms with Gasteiger partial charge in [0.1, 0.15) is 5.69 Å². The number of para-hydroxylation sites is 1. The first kappa shape index (κ1) is 23.7. The maximum absolute atomic E-state index is 12.8. The Labute approximate surface area is 217 Å². The Morgan fingerprint density at radius 3 is 2.53 bits per heavy atom. The van der Waals surface area contributed by atoms with Crippen molar-refractivity contribution < 1.29 is 9.59 Å². The number of rotatable bonds is 6. The summed E-state index contributed by atoms with van der Waals surface area (Å²) in [6.07, 6.45) is 3.20. The third kappa shape index (κ3) is 4.73. The van der Waals surface area contributed by atoms with Crippen LogP contribution in [0.4, 0.5) is 0 Å². The number of amides is 1. The van der Waals surface area contributed by atoms with Gasteiger partial charge in [-0.3, -0.25) is 9.59 Å². The minimum Gasteiger partial charge on any atom is -0.335 e. The number of aromatic nitrogens is 2. The Bertz CT molecular complexity index is 1660. The van der Waals surface area contributed by atoms with Gasteiger partial charge < -0.3 is 4.57 Å². The smallest absolute Gasteiger partial charge is 0.289 e. The van der Waals surface area contributed by atoms with Crippen LogP contribution < -0.4 is 5.43 Å². The molecule has 178 valence electrons.